The summed E-state index contributed by atoms with van der Waals surface area (Å²) in [5, 5.41) is 8.68. The molecule has 0 aromatic heterocycles. The summed E-state index contributed by atoms with van der Waals surface area (Å²) in [7, 11) is 0. The van der Waals surface area contributed by atoms with Crippen molar-refractivity contribution in [2.75, 3.05) is 16.4 Å². The van der Waals surface area contributed by atoms with Gasteiger partial charge in [0, 0.05) is 17.5 Å². The van der Waals surface area contributed by atoms with E-state index in [-0.39, 0.29) is 29.3 Å². The maximum atomic E-state index is 12.9. The second kappa shape index (κ2) is 7.99. The number of benzene rings is 1. The number of amides is 1. The zero-order valence-electron chi connectivity index (χ0n) is 12.0. The molecule has 5 nitrogen and oxygen atoms in total. The first-order valence-electron chi connectivity index (χ1n) is 6.46. The van der Waals surface area contributed by atoms with Crippen molar-refractivity contribution in [1.29, 1.82) is 0 Å². The minimum atomic E-state index is -1.09. The first-order valence-corrected chi connectivity index (χ1v) is 7.62. The molecule has 1 aromatic carbocycles. The molecule has 0 spiro atoms. The molecule has 1 unspecified atom stereocenters. The van der Waals surface area contributed by atoms with Gasteiger partial charge in [-0.15, -0.1) is 11.8 Å². The molecule has 0 aliphatic carbocycles. The van der Waals surface area contributed by atoms with Crippen LogP contribution in [0.1, 0.15) is 13.8 Å². The quantitative estimate of drug-likeness (QED) is 0.800. The number of carbonyl (C=O) groups is 2. The van der Waals surface area contributed by atoms with E-state index in [0.717, 1.165) is 0 Å². The third-order valence-corrected chi connectivity index (χ3v) is 3.78. The van der Waals surface area contributed by atoms with Crippen LogP contribution >= 0.6 is 11.8 Å². The second-order valence-corrected chi connectivity index (χ2v) is 5.82. The highest BCUT2D eigenvalue weighted by Crippen LogP contribution is 2.19. The summed E-state index contributed by atoms with van der Waals surface area (Å²) in [6, 6.07) is 4.61. The summed E-state index contributed by atoms with van der Waals surface area (Å²) >= 11 is 1.17. The topological polar surface area (TPSA) is 83.6 Å². The van der Waals surface area contributed by atoms with Gasteiger partial charge >= 0.3 is 5.97 Å². The second-order valence-electron chi connectivity index (χ2n) is 4.79. The van der Waals surface area contributed by atoms with Gasteiger partial charge in [-0.2, -0.15) is 0 Å². The smallest absolute Gasteiger partial charge is 0.321 e. The Morgan fingerprint density at radius 1 is 1.33 bits per heavy atom. The van der Waals surface area contributed by atoms with Gasteiger partial charge in [-0.3, -0.25) is 9.59 Å². The number of carboxylic acids is 1. The van der Waals surface area contributed by atoms with Gasteiger partial charge in [-0.1, -0.05) is 0 Å². The fourth-order valence-corrected chi connectivity index (χ4v) is 2.57. The highest BCUT2D eigenvalue weighted by molar-refractivity contribution is 8.00. The molecular formula is C14H19FN2O3S. The van der Waals surface area contributed by atoms with Gasteiger partial charge in [0.15, 0.2) is 0 Å². The largest absolute Gasteiger partial charge is 0.480 e. The van der Waals surface area contributed by atoms with Crippen LogP contribution in [0.2, 0.25) is 0 Å². The average Bonchev–Trinajstić information content (AvgIpc) is 2.40. The van der Waals surface area contributed by atoms with E-state index in [2.05, 4.69) is 0 Å². The summed E-state index contributed by atoms with van der Waals surface area (Å²) in [6.45, 7) is 3.71. The van der Waals surface area contributed by atoms with E-state index in [1.165, 1.54) is 23.9 Å². The van der Waals surface area contributed by atoms with E-state index in [9.17, 15) is 14.0 Å². The highest BCUT2D eigenvalue weighted by atomic mass is 32.2. The number of carboxylic acid groups (broad SMARTS) is 1. The molecule has 21 heavy (non-hydrogen) atoms. The third kappa shape index (κ3) is 5.35. The Morgan fingerprint density at radius 3 is 2.38 bits per heavy atom. The van der Waals surface area contributed by atoms with E-state index in [4.69, 9.17) is 10.8 Å². The standard InChI is InChI=1S/C14H19FN2O3S/c1-9(2)17(11-5-3-10(15)4-6-11)13(18)8-21-7-12(16)14(19)20/h3-6,9,12H,7-8,16H2,1-2H3,(H,19,20). The van der Waals surface area contributed by atoms with Crippen molar-refractivity contribution in [1.82, 2.24) is 0 Å². The lowest BCUT2D eigenvalue weighted by Crippen LogP contribution is -2.39. The van der Waals surface area contributed by atoms with Crippen LogP contribution in [-0.4, -0.2) is 40.6 Å². The highest BCUT2D eigenvalue weighted by Gasteiger charge is 2.20. The maximum absolute atomic E-state index is 12.9. The van der Waals surface area contributed by atoms with Crippen molar-refractivity contribution in [3.63, 3.8) is 0 Å². The van der Waals surface area contributed by atoms with Gasteiger partial charge in [0.1, 0.15) is 11.9 Å². The van der Waals surface area contributed by atoms with Crippen LogP contribution in [0.3, 0.4) is 0 Å². The zero-order valence-corrected chi connectivity index (χ0v) is 12.8. The summed E-state index contributed by atoms with van der Waals surface area (Å²) in [6.07, 6.45) is 0. The molecule has 0 aliphatic rings. The van der Waals surface area contributed by atoms with Gasteiger partial charge in [0.2, 0.25) is 5.91 Å². The van der Waals surface area contributed by atoms with Gasteiger partial charge in [0.05, 0.1) is 5.75 Å². The molecule has 1 atom stereocenters. The Bertz CT molecular complexity index is 493. The fraction of sp³-hybridized carbons (Fsp3) is 0.429. The summed E-state index contributed by atoms with van der Waals surface area (Å²) in [4.78, 5) is 24.4. The average molecular weight is 314 g/mol. The minimum absolute atomic E-state index is 0.0864. The van der Waals surface area contributed by atoms with Crippen LogP contribution in [-0.2, 0) is 9.59 Å². The molecule has 7 heteroatoms. The van der Waals surface area contributed by atoms with E-state index < -0.39 is 12.0 Å². The molecule has 0 radical (unpaired) electrons. The van der Waals surface area contributed by atoms with Crippen LogP contribution in [0.4, 0.5) is 10.1 Å². The molecule has 0 fully saturated rings. The monoisotopic (exact) mass is 314 g/mol. The van der Waals surface area contributed by atoms with E-state index in [0.29, 0.717) is 5.69 Å². The molecule has 0 saturated heterocycles. The van der Waals surface area contributed by atoms with Crippen LogP contribution in [0, 0.1) is 5.82 Å². The van der Waals surface area contributed by atoms with Crippen LogP contribution in [0.15, 0.2) is 24.3 Å². The lowest BCUT2D eigenvalue weighted by Gasteiger charge is -2.27. The van der Waals surface area contributed by atoms with Crippen molar-refractivity contribution in [2.24, 2.45) is 5.73 Å². The van der Waals surface area contributed by atoms with Crippen molar-refractivity contribution >= 4 is 29.3 Å². The fourth-order valence-electron chi connectivity index (χ4n) is 1.75. The molecule has 1 rings (SSSR count). The third-order valence-electron chi connectivity index (χ3n) is 2.73. The summed E-state index contributed by atoms with van der Waals surface area (Å²) in [5.41, 5.74) is 5.99. The van der Waals surface area contributed by atoms with Crippen molar-refractivity contribution in [3.05, 3.63) is 30.1 Å². The van der Waals surface area contributed by atoms with E-state index >= 15 is 0 Å². The lowest BCUT2D eigenvalue weighted by molar-refractivity contribution is -0.137. The Morgan fingerprint density at radius 2 is 1.90 bits per heavy atom. The van der Waals surface area contributed by atoms with Crippen LogP contribution in [0.25, 0.3) is 0 Å². The molecule has 1 amide bonds. The number of nitrogens with two attached hydrogens (primary N) is 1. The first-order chi connectivity index (χ1) is 9.82. The van der Waals surface area contributed by atoms with Crippen molar-refractivity contribution < 1.29 is 19.1 Å². The molecule has 0 bridgehead atoms. The molecule has 0 saturated carbocycles. The molecule has 1 aromatic rings. The number of nitrogens with zero attached hydrogens (tertiary/aromatic N) is 1. The molecule has 3 N–H and O–H groups in total. The number of rotatable bonds is 7. The number of thioether (sulfide) groups is 1. The SMILES string of the molecule is CC(C)N(C(=O)CSCC(N)C(=O)O)c1ccc(F)cc1. The molecular weight excluding hydrogens is 295 g/mol. The Balaban J connectivity index is 2.66. The van der Waals surface area contributed by atoms with Crippen molar-refractivity contribution in [3.8, 4) is 0 Å². The Labute approximate surface area is 127 Å². The van der Waals surface area contributed by atoms with E-state index in [1.807, 2.05) is 13.8 Å². The van der Waals surface area contributed by atoms with Crippen LogP contribution < -0.4 is 10.6 Å². The summed E-state index contributed by atoms with van der Waals surface area (Å²) < 4.78 is 12.9. The predicted molar refractivity (Wildman–Crippen MR) is 82.0 cm³/mol. The number of aliphatic carboxylic acids is 1. The summed E-state index contributed by atoms with van der Waals surface area (Å²) in [5.74, 6) is -1.34. The number of carbonyl (C=O) groups excluding carboxylic acids is 1. The van der Waals surface area contributed by atoms with Crippen LogP contribution in [0.5, 0.6) is 0 Å². The Hall–Kier alpha value is -1.60. The molecule has 116 valence electrons. The maximum Gasteiger partial charge on any atom is 0.321 e. The number of halogens is 1. The van der Waals surface area contributed by atoms with Gasteiger partial charge in [-0.05, 0) is 38.1 Å². The van der Waals surface area contributed by atoms with Gasteiger partial charge in [-0.25, -0.2) is 4.39 Å². The normalized spacial score (nSPS) is 12.2. The first kappa shape index (κ1) is 17.5. The minimum Gasteiger partial charge on any atom is -0.480 e. The Kier molecular flexibility index (Phi) is 6.64. The molecule has 0 aliphatic heterocycles. The number of hydrogen-bond donors (Lipinski definition) is 2. The zero-order chi connectivity index (χ0) is 16.0. The predicted octanol–water partition coefficient (Wildman–Crippen LogP) is 1.71. The van der Waals surface area contributed by atoms with Crippen molar-refractivity contribution in [2.45, 2.75) is 25.9 Å². The van der Waals surface area contributed by atoms with Gasteiger partial charge in [0.25, 0.3) is 0 Å². The molecule has 0 heterocycles. The van der Waals surface area contributed by atoms with E-state index in [1.54, 1.807) is 17.0 Å². The van der Waals surface area contributed by atoms with Gasteiger partial charge < -0.3 is 15.7 Å². The number of hydrogen-bond acceptors (Lipinski definition) is 4. The lowest BCUT2D eigenvalue weighted by atomic mass is 10.2. The number of anilines is 1.